The molecule has 0 saturated heterocycles. The molecule has 2 heterocycles. The lowest BCUT2D eigenvalue weighted by Crippen LogP contribution is -1.99. The van der Waals surface area contributed by atoms with E-state index >= 15 is 0 Å². The predicted octanol–water partition coefficient (Wildman–Crippen LogP) is 2.32. The molecule has 1 N–H and O–H groups in total. The first-order valence-corrected chi connectivity index (χ1v) is 5.32. The number of pyridine rings is 1. The van der Waals surface area contributed by atoms with Crippen molar-refractivity contribution in [3.8, 4) is 11.1 Å². The standard InChI is InChI=1S/C11H7NO3S/c13-5-9-3-8(6-16-9)7-1-2-12-10(4-7)11(14)15/h1-6H,(H,14,15). The zero-order valence-electron chi connectivity index (χ0n) is 8.08. The third kappa shape index (κ3) is 1.99. The summed E-state index contributed by atoms with van der Waals surface area (Å²) in [5, 5.41) is 10.6. The monoisotopic (exact) mass is 233 g/mol. The Morgan fingerprint density at radius 3 is 2.81 bits per heavy atom. The zero-order valence-corrected chi connectivity index (χ0v) is 8.90. The Morgan fingerprint density at radius 1 is 1.38 bits per heavy atom. The summed E-state index contributed by atoms with van der Waals surface area (Å²) in [6.07, 6.45) is 2.21. The van der Waals surface area contributed by atoms with Crippen LogP contribution in [0.5, 0.6) is 0 Å². The molecular formula is C11H7NO3S. The van der Waals surface area contributed by atoms with Gasteiger partial charge in [-0.15, -0.1) is 11.3 Å². The summed E-state index contributed by atoms with van der Waals surface area (Å²) in [6.45, 7) is 0. The minimum atomic E-state index is -1.06. The number of hydrogen-bond acceptors (Lipinski definition) is 4. The number of nitrogens with zero attached hydrogens (tertiary/aromatic N) is 1. The number of aromatic carboxylic acids is 1. The van der Waals surface area contributed by atoms with Crippen LogP contribution in [0.3, 0.4) is 0 Å². The van der Waals surface area contributed by atoms with Gasteiger partial charge in [-0.25, -0.2) is 9.78 Å². The van der Waals surface area contributed by atoms with Gasteiger partial charge in [0.2, 0.25) is 0 Å². The van der Waals surface area contributed by atoms with E-state index in [4.69, 9.17) is 5.11 Å². The van der Waals surface area contributed by atoms with Crippen molar-refractivity contribution in [2.24, 2.45) is 0 Å². The van der Waals surface area contributed by atoms with Crippen LogP contribution in [0, 0.1) is 0 Å². The molecule has 0 aliphatic heterocycles. The Hall–Kier alpha value is -2.01. The van der Waals surface area contributed by atoms with Crippen LogP contribution in [-0.2, 0) is 0 Å². The highest BCUT2D eigenvalue weighted by Crippen LogP contribution is 2.24. The SMILES string of the molecule is O=Cc1cc(-c2ccnc(C(=O)O)c2)cs1. The number of carbonyl (C=O) groups excluding carboxylic acids is 1. The lowest BCUT2D eigenvalue weighted by Gasteiger charge is -1.98. The Bertz CT molecular complexity index is 548. The molecule has 0 saturated carbocycles. The second-order valence-corrected chi connectivity index (χ2v) is 4.03. The molecule has 0 amide bonds. The molecule has 0 radical (unpaired) electrons. The first-order valence-electron chi connectivity index (χ1n) is 4.44. The first kappa shape index (κ1) is 10.5. The molecule has 2 aromatic rings. The van der Waals surface area contributed by atoms with E-state index < -0.39 is 5.97 Å². The summed E-state index contributed by atoms with van der Waals surface area (Å²) in [4.78, 5) is 25.6. The molecule has 0 spiro atoms. The van der Waals surface area contributed by atoms with Gasteiger partial charge in [-0.3, -0.25) is 4.79 Å². The molecule has 80 valence electrons. The maximum atomic E-state index is 10.7. The van der Waals surface area contributed by atoms with Gasteiger partial charge in [-0.05, 0) is 34.7 Å². The minimum Gasteiger partial charge on any atom is -0.477 e. The summed E-state index contributed by atoms with van der Waals surface area (Å²) < 4.78 is 0. The van der Waals surface area contributed by atoms with Crippen molar-refractivity contribution < 1.29 is 14.7 Å². The quantitative estimate of drug-likeness (QED) is 0.826. The molecule has 2 aromatic heterocycles. The smallest absolute Gasteiger partial charge is 0.354 e. The van der Waals surface area contributed by atoms with Crippen LogP contribution < -0.4 is 0 Å². The van der Waals surface area contributed by atoms with Gasteiger partial charge >= 0.3 is 5.97 Å². The predicted molar refractivity (Wildman–Crippen MR) is 59.9 cm³/mol. The van der Waals surface area contributed by atoms with Gasteiger partial charge in [0, 0.05) is 6.20 Å². The fraction of sp³-hybridized carbons (Fsp3) is 0. The number of rotatable bonds is 3. The Balaban J connectivity index is 2.43. The molecule has 0 atom stereocenters. The van der Waals surface area contributed by atoms with Crippen molar-refractivity contribution in [3.05, 3.63) is 40.3 Å². The molecule has 5 heteroatoms. The van der Waals surface area contributed by atoms with Crippen LogP contribution in [0.15, 0.2) is 29.8 Å². The number of aldehydes is 1. The molecule has 4 nitrogen and oxygen atoms in total. The molecule has 0 aromatic carbocycles. The fourth-order valence-corrected chi connectivity index (χ4v) is 2.01. The Labute approximate surface area is 95.2 Å². The third-order valence-electron chi connectivity index (χ3n) is 2.05. The van der Waals surface area contributed by atoms with E-state index in [0.717, 1.165) is 17.4 Å². The topological polar surface area (TPSA) is 67.3 Å². The highest BCUT2D eigenvalue weighted by Gasteiger charge is 2.07. The molecular weight excluding hydrogens is 226 g/mol. The van der Waals surface area contributed by atoms with Gasteiger partial charge < -0.3 is 5.11 Å². The first-order chi connectivity index (χ1) is 7.70. The third-order valence-corrected chi connectivity index (χ3v) is 2.91. The van der Waals surface area contributed by atoms with Crippen LogP contribution in [0.4, 0.5) is 0 Å². The van der Waals surface area contributed by atoms with Gasteiger partial charge in [0.15, 0.2) is 6.29 Å². The number of aromatic nitrogens is 1. The molecule has 16 heavy (non-hydrogen) atoms. The summed E-state index contributed by atoms with van der Waals surface area (Å²) in [5.41, 5.74) is 1.57. The van der Waals surface area contributed by atoms with Crippen molar-refractivity contribution in [3.63, 3.8) is 0 Å². The summed E-state index contributed by atoms with van der Waals surface area (Å²) in [5.74, 6) is -1.06. The van der Waals surface area contributed by atoms with Crippen LogP contribution in [0.2, 0.25) is 0 Å². The van der Waals surface area contributed by atoms with Crippen LogP contribution in [0.1, 0.15) is 20.2 Å². The van der Waals surface area contributed by atoms with Crippen LogP contribution in [0.25, 0.3) is 11.1 Å². The number of carboxylic acid groups (broad SMARTS) is 1. The zero-order chi connectivity index (χ0) is 11.5. The van der Waals surface area contributed by atoms with Crippen molar-refractivity contribution in [2.45, 2.75) is 0 Å². The van der Waals surface area contributed by atoms with Crippen LogP contribution in [-0.4, -0.2) is 22.3 Å². The van der Waals surface area contributed by atoms with Gasteiger partial charge in [-0.1, -0.05) is 0 Å². The normalized spacial score (nSPS) is 10.0. The number of carbonyl (C=O) groups is 2. The van der Waals surface area contributed by atoms with Crippen molar-refractivity contribution in [1.82, 2.24) is 4.98 Å². The van der Waals surface area contributed by atoms with E-state index in [1.807, 2.05) is 5.38 Å². The van der Waals surface area contributed by atoms with Crippen molar-refractivity contribution in [2.75, 3.05) is 0 Å². The second kappa shape index (κ2) is 4.24. The van der Waals surface area contributed by atoms with E-state index in [0.29, 0.717) is 4.88 Å². The molecule has 0 aliphatic rings. The van der Waals surface area contributed by atoms with Gasteiger partial charge in [0.1, 0.15) is 5.69 Å². The maximum absolute atomic E-state index is 10.7. The Kier molecular flexibility index (Phi) is 2.78. The fourth-order valence-electron chi connectivity index (χ4n) is 1.29. The van der Waals surface area contributed by atoms with E-state index in [1.165, 1.54) is 23.6 Å². The van der Waals surface area contributed by atoms with E-state index in [9.17, 15) is 9.59 Å². The maximum Gasteiger partial charge on any atom is 0.354 e. The second-order valence-electron chi connectivity index (χ2n) is 3.09. The van der Waals surface area contributed by atoms with Gasteiger partial charge in [0.25, 0.3) is 0 Å². The molecule has 0 bridgehead atoms. The van der Waals surface area contributed by atoms with Crippen molar-refractivity contribution in [1.29, 1.82) is 0 Å². The average molecular weight is 233 g/mol. The van der Waals surface area contributed by atoms with Gasteiger partial charge in [0.05, 0.1) is 4.88 Å². The number of carboxylic acids is 1. The van der Waals surface area contributed by atoms with Gasteiger partial charge in [-0.2, -0.15) is 0 Å². The van der Waals surface area contributed by atoms with E-state index in [2.05, 4.69) is 4.98 Å². The molecule has 0 unspecified atom stereocenters. The van der Waals surface area contributed by atoms with Crippen molar-refractivity contribution >= 4 is 23.6 Å². The number of hydrogen-bond donors (Lipinski definition) is 1. The highest BCUT2D eigenvalue weighted by molar-refractivity contribution is 7.12. The minimum absolute atomic E-state index is 0.00338. The summed E-state index contributed by atoms with van der Waals surface area (Å²) in [7, 11) is 0. The highest BCUT2D eigenvalue weighted by atomic mass is 32.1. The van der Waals surface area contributed by atoms with E-state index in [-0.39, 0.29) is 5.69 Å². The summed E-state index contributed by atoms with van der Waals surface area (Å²) >= 11 is 1.32. The van der Waals surface area contributed by atoms with Crippen LogP contribution >= 0.6 is 11.3 Å². The Morgan fingerprint density at radius 2 is 2.19 bits per heavy atom. The molecule has 0 fully saturated rings. The summed E-state index contributed by atoms with van der Waals surface area (Å²) in [6, 6.07) is 4.92. The number of thiophene rings is 1. The largest absolute Gasteiger partial charge is 0.477 e. The lowest BCUT2D eigenvalue weighted by atomic mass is 10.1. The lowest BCUT2D eigenvalue weighted by molar-refractivity contribution is 0.0690. The molecule has 0 aliphatic carbocycles. The molecule has 2 rings (SSSR count). The van der Waals surface area contributed by atoms with E-state index in [1.54, 1.807) is 12.1 Å². The average Bonchev–Trinajstić information content (AvgIpc) is 2.77.